The van der Waals surface area contributed by atoms with Crippen molar-refractivity contribution < 1.29 is 0 Å². The first-order chi connectivity index (χ1) is 19.7. The highest BCUT2D eigenvalue weighted by Crippen LogP contribution is 2.43. The Labute approximate surface area is 242 Å². The number of fused-ring (bicyclic) bond motifs is 2. The van der Waals surface area contributed by atoms with Gasteiger partial charge in [0.2, 0.25) is 0 Å². The Morgan fingerprint density at radius 3 is 2.66 bits per heavy atom. The van der Waals surface area contributed by atoms with Crippen LogP contribution >= 0.6 is 11.6 Å². The number of rotatable bonds is 7. The Balaban J connectivity index is 1.49. The summed E-state index contributed by atoms with van der Waals surface area (Å²) in [5.74, 6) is 0. The molecular weight excluding hydrogens is 534 g/mol. The first-order valence-corrected chi connectivity index (χ1v) is 13.8. The molecule has 204 valence electrons. The fourth-order valence-corrected chi connectivity index (χ4v) is 5.23. The average Bonchev–Trinajstić information content (AvgIpc) is 3.61. The Kier molecular flexibility index (Phi) is 6.48. The number of nitrogens with one attached hydrogen (secondary N) is 2. The lowest BCUT2D eigenvalue weighted by Crippen LogP contribution is -2.20. The molecule has 0 radical (unpaired) electrons. The quantitative estimate of drug-likeness (QED) is 0.228. The molecule has 9 nitrogen and oxygen atoms in total. The molecule has 1 saturated carbocycles. The number of benzene rings is 2. The van der Waals surface area contributed by atoms with Gasteiger partial charge in [0.05, 0.1) is 45.6 Å². The van der Waals surface area contributed by atoms with Crippen LogP contribution in [0.5, 0.6) is 0 Å². The number of nitrogens with zero attached hydrogens (tertiary/aromatic N) is 7. The molecule has 1 atom stereocenters. The van der Waals surface area contributed by atoms with E-state index in [4.69, 9.17) is 11.6 Å². The van der Waals surface area contributed by atoms with Gasteiger partial charge in [-0.15, -0.1) is 5.10 Å². The van der Waals surface area contributed by atoms with E-state index in [0.29, 0.717) is 34.0 Å². The standard InChI is InChI=1S/C31H28ClN9/c1-30(2,3)18-37-27-19(14-33)15-36-28-23(27)12-20(13-24(28)32)38-29(22-6-4-8-25-21(22)7-5-11-35-25)26-16-41(40-39-26)31(17-34)9-10-31/h4-8,11-13,15-16,29,38H,9-10,18H2,1-3H3,(H,36,37)/t29-/m0/s1. The second-order valence-electron chi connectivity index (χ2n) is 11.7. The molecule has 3 aromatic heterocycles. The molecule has 0 bridgehead atoms. The van der Waals surface area contributed by atoms with Crippen LogP contribution in [0.1, 0.15) is 56.5 Å². The summed E-state index contributed by atoms with van der Waals surface area (Å²) < 4.78 is 1.67. The van der Waals surface area contributed by atoms with Crippen molar-refractivity contribution in [2.45, 2.75) is 45.2 Å². The van der Waals surface area contributed by atoms with Crippen LogP contribution in [0.2, 0.25) is 5.02 Å². The number of aromatic nitrogens is 5. The maximum atomic E-state index is 9.86. The summed E-state index contributed by atoms with van der Waals surface area (Å²) in [6.45, 7) is 7.05. The third-order valence-corrected chi connectivity index (χ3v) is 7.61. The second-order valence-corrected chi connectivity index (χ2v) is 12.1. The summed E-state index contributed by atoms with van der Waals surface area (Å²) in [7, 11) is 0. The maximum absolute atomic E-state index is 9.86. The molecule has 0 aliphatic heterocycles. The van der Waals surface area contributed by atoms with Gasteiger partial charge >= 0.3 is 0 Å². The second kappa shape index (κ2) is 10.0. The molecule has 1 aliphatic rings. The van der Waals surface area contributed by atoms with Crippen molar-refractivity contribution >= 4 is 44.8 Å². The molecule has 1 aliphatic carbocycles. The van der Waals surface area contributed by atoms with Crippen LogP contribution < -0.4 is 10.6 Å². The van der Waals surface area contributed by atoms with Gasteiger partial charge in [-0.05, 0) is 48.1 Å². The highest BCUT2D eigenvalue weighted by molar-refractivity contribution is 6.35. The molecular formula is C31H28ClN9. The van der Waals surface area contributed by atoms with Crippen LogP contribution in [0.4, 0.5) is 11.4 Å². The fraction of sp³-hybridized carbons (Fsp3) is 0.290. The summed E-state index contributed by atoms with van der Waals surface area (Å²) in [6.07, 6.45) is 6.67. The van der Waals surface area contributed by atoms with E-state index < -0.39 is 11.6 Å². The van der Waals surface area contributed by atoms with Crippen LogP contribution in [0.15, 0.2) is 61.1 Å². The molecule has 3 heterocycles. The number of nitriles is 2. The molecule has 10 heteroatoms. The monoisotopic (exact) mass is 561 g/mol. The van der Waals surface area contributed by atoms with Gasteiger partial charge in [-0.1, -0.05) is 55.8 Å². The number of anilines is 2. The van der Waals surface area contributed by atoms with Crippen molar-refractivity contribution in [2.75, 3.05) is 17.2 Å². The van der Waals surface area contributed by atoms with Gasteiger partial charge in [0.25, 0.3) is 0 Å². The van der Waals surface area contributed by atoms with Gasteiger partial charge in [0.15, 0.2) is 5.54 Å². The van der Waals surface area contributed by atoms with Gasteiger partial charge in [0.1, 0.15) is 11.8 Å². The molecule has 2 aromatic carbocycles. The summed E-state index contributed by atoms with van der Waals surface area (Å²) in [4.78, 5) is 9.03. The zero-order chi connectivity index (χ0) is 28.8. The first-order valence-electron chi connectivity index (χ1n) is 13.4. The SMILES string of the molecule is CC(C)(C)CNc1c(C#N)cnc2c(Cl)cc(N[C@H](c3cn(C4(C#N)CC4)nn3)c3cccc4ncccc34)cc12. The Bertz CT molecular complexity index is 1860. The van der Waals surface area contributed by atoms with E-state index in [1.165, 1.54) is 0 Å². The summed E-state index contributed by atoms with van der Waals surface area (Å²) in [6, 6.07) is 17.9. The molecule has 41 heavy (non-hydrogen) atoms. The normalized spacial score (nSPS) is 14.8. The Morgan fingerprint density at radius 1 is 1.10 bits per heavy atom. The predicted molar refractivity (Wildman–Crippen MR) is 159 cm³/mol. The first kappa shape index (κ1) is 26.5. The highest BCUT2D eigenvalue weighted by Gasteiger charge is 2.47. The Morgan fingerprint density at radius 2 is 1.93 bits per heavy atom. The largest absolute Gasteiger partial charge is 0.383 e. The van der Waals surface area contributed by atoms with Gasteiger partial charge in [-0.25, -0.2) is 4.68 Å². The number of hydrogen-bond donors (Lipinski definition) is 2. The van der Waals surface area contributed by atoms with Crippen molar-refractivity contribution in [3.05, 3.63) is 82.9 Å². The molecule has 0 unspecified atom stereocenters. The molecule has 6 rings (SSSR count). The highest BCUT2D eigenvalue weighted by atomic mass is 35.5. The predicted octanol–water partition coefficient (Wildman–Crippen LogP) is 6.57. The van der Waals surface area contributed by atoms with Crippen LogP contribution in [0.25, 0.3) is 21.8 Å². The number of pyridine rings is 2. The minimum Gasteiger partial charge on any atom is -0.383 e. The maximum Gasteiger partial charge on any atom is 0.150 e. The van der Waals surface area contributed by atoms with E-state index in [-0.39, 0.29) is 5.41 Å². The fourth-order valence-electron chi connectivity index (χ4n) is 4.96. The van der Waals surface area contributed by atoms with Crippen LogP contribution in [-0.4, -0.2) is 31.5 Å². The van der Waals surface area contributed by atoms with E-state index in [1.54, 1.807) is 17.1 Å². The zero-order valence-electron chi connectivity index (χ0n) is 23.0. The molecule has 5 aromatic rings. The van der Waals surface area contributed by atoms with E-state index in [1.807, 2.05) is 48.7 Å². The Hall–Kier alpha value is -4.73. The van der Waals surface area contributed by atoms with Crippen LogP contribution in [0.3, 0.4) is 0 Å². The molecule has 2 N–H and O–H groups in total. The van der Waals surface area contributed by atoms with Crippen LogP contribution in [0, 0.1) is 28.1 Å². The van der Waals surface area contributed by atoms with Gasteiger partial charge in [-0.3, -0.25) is 9.97 Å². The van der Waals surface area contributed by atoms with E-state index in [2.05, 4.69) is 63.8 Å². The van der Waals surface area contributed by atoms with E-state index >= 15 is 0 Å². The molecule has 0 spiro atoms. The van der Waals surface area contributed by atoms with E-state index in [9.17, 15) is 10.5 Å². The van der Waals surface area contributed by atoms with Crippen molar-refractivity contribution in [3.8, 4) is 12.1 Å². The van der Waals surface area contributed by atoms with Crippen molar-refractivity contribution in [3.63, 3.8) is 0 Å². The summed E-state index contributed by atoms with van der Waals surface area (Å²) in [5, 5.41) is 37.7. The lowest BCUT2D eigenvalue weighted by Gasteiger charge is -2.23. The lowest BCUT2D eigenvalue weighted by atomic mass is 9.96. The van der Waals surface area contributed by atoms with Gasteiger partial charge < -0.3 is 10.6 Å². The van der Waals surface area contributed by atoms with E-state index in [0.717, 1.165) is 40.4 Å². The van der Waals surface area contributed by atoms with Crippen LogP contribution in [-0.2, 0) is 5.54 Å². The molecule has 1 fully saturated rings. The third-order valence-electron chi connectivity index (χ3n) is 7.32. The van der Waals surface area contributed by atoms with Crippen molar-refractivity contribution in [1.29, 1.82) is 10.5 Å². The minimum atomic E-state index is -0.630. The summed E-state index contributed by atoms with van der Waals surface area (Å²) >= 11 is 6.79. The average molecular weight is 562 g/mol. The number of halogens is 1. The van der Waals surface area contributed by atoms with Crippen molar-refractivity contribution in [2.24, 2.45) is 5.41 Å². The number of hydrogen-bond acceptors (Lipinski definition) is 8. The van der Waals surface area contributed by atoms with Gasteiger partial charge in [0, 0.05) is 35.4 Å². The smallest absolute Gasteiger partial charge is 0.150 e. The van der Waals surface area contributed by atoms with Gasteiger partial charge in [-0.2, -0.15) is 10.5 Å². The minimum absolute atomic E-state index is 0.0103. The zero-order valence-corrected chi connectivity index (χ0v) is 23.7. The summed E-state index contributed by atoms with van der Waals surface area (Å²) in [5.41, 5.74) is 4.30. The lowest BCUT2D eigenvalue weighted by molar-refractivity contribution is 0.443. The van der Waals surface area contributed by atoms with Crippen molar-refractivity contribution in [1.82, 2.24) is 25.0 Å². The molecule has 0 amide bonds. The molecule has 0 saturated heterocycles. The topological polar surface area (TPSA) is 128 Å². The third kappa shape index (κ3) is 5.01.